The molecule has 0 aliphatic carbocycles. The minimum Gasteiger partial charge on any atom is -0.508 e. The van der Waals surface area contributed by atoms with Crippen LogP contribution in [-0.2, 0) is 0 Å². The monoisotopic (exact) mass is 259 g/mol. The molecule has 2 rings (SSSR count). The summed E-state index contributed by atoms with van der Waals surface area (Å²) in [6.07, 6.45) is 0.875. The highest BCUT2D eigenvalue weighted by Gasteiger charge is 2.10. The van der Waals surface area contributed by atoms with E-state index in [1.165, 1.54) is 6.07 Å². The van der Waals surface area contributed by atoms with Crippen molar-refractivity contribution in [2.45, 2.75) is 26.3 Å². The lowest BCUT2D eigenvalue weighted by molar-refractivity contribution is 0.475. The third kappa shape index (κ3) is 3.25. The summed E-state index contributed by atoms with van der Waals surface area (Å²) < 4.78 is 13.5. The van der Waals surface area contributed by atoms with Crippen molar-refractivity contribution in [3.8, 4) is 5.75 Å². The molecule has 0 bridgehead atoms. The fourth-order valence-corrected chi connectivity index (χ4v) is 2.01. The Bertz CT molecular complexity index is 551. The second-order valence-electron chi connectivity index (χ2n) is 4.66. The molecule has 100 valence electrons. The highest BCUT2D eigenvalue weighted by atomic mass is 19.1. The third-order valence-electron chi connectivity index (χ3n) is 3.22. The maximum Gasteiger partial charge on any atom is 0.128 e. The highest BCUT2D eigenvalue weighted by Crippen LogP contribution is 2.25. The molecule has 0 saturated heterocycles. The minimum atomic E-state index is -0.203. The van der Waals surface area contributed by atoms with Crippen LogP contribution < -0.4 is 5.32 Å². The molecule has 2 N–H and O–H groups in total. The molecule has 0 fully saturated rings. The van der Waals surface area contributed by atoms with Crippen molar-refractivity contribution in [1.82, 2.24) is 0 Å². The summed E-state index contributed by atoms with van der Waals surface area (Å²) >= 11 is 0. The Morgan fingerprint density at radius 3 is 2.42 bits per heavy atom. The van der Waals surface area contributed by atoms with Crippen molar-refractivity contribution in [3.05, 3.63) is 59.4 Å². The Kier molecular flexibility index (Phi) is 4.05. The van der Waals surface area contributed by atoms with E-state index in [1.54, 1.807) is 25.1 Å². The van der Waals surface area contributed by atoms with Crippen LogP contribution in [-0.4, -0.2) is 5.11 Å². The van der Waals surface area contributed by atoms with Gasteiger partial charge in [-0.15, -0.1) is 0 Å². The number of phenols is 1. The summed E-state index contributed by atoms with van der Waals surface area (Å²) in [4.78, 5) is 0. The van der Waals surface area contributed by atoms with Gasteiger partial charge >= 0.3 is 0 Å². The van der Waals surface area contributed by atoms with Crippen molar-refractivity contribution >= 4 is 5.69 Å². The van der Waals surface area contributed by atoms with Gasteiger partial charge in [0.05, 0.1) is 6.04 Å². The average Bonchev–Trinajstić information content (AvgIpc) is 2.41. The first-order chi connectivity index (χ1) is 9.10. The molecule has 0 aromatic heterocycles. The molecule has 0 aliphatic heterocycles. The SMILES string of the molecule is CCC(Nc1ccc(C)c(F)c1)c1ccc(O)cc1. The van der Waals surface area contributed by atoms with Gasteiger partial charge in [-0.2, -0.15) is 0 Å². The highest BCUT2D eigenvalue weighted by molar-refractivity contribution is 5.47. The summed E-state index contributed by atoms with van der Waals surface area (Å²) in [5.41, 5.74) is 2.48. The molecule has 0 aliphatic rings. The molecule has 0 heterocycles. The van der Waals surface area contributed by atoms with Crippen molar-refractivity contribution in [3.63, 3.8) is 0 Å². The van der Waals surface area contributed by atoms with E-state index in [9.17, 15) is 9.50 Å². The second kappa shape index (κ2) is 5.74. The lowest BCUT2D eigenvalue weighted by Crippen LogP contribution is -2.09. The standard InChI is InChI=1S/C16H18FNO/c1-3-16(12-5-8-14(19)9-6-12)18-13-7-4-11(2)15(17)10-13/h4-10,16,18-19H,3H2,1-2H3. The van der Waals surface area contributed by atoms with Gasteiger partial charge in [-0.25, -0.2) is 4.39 Å². The fraction of sp³-hybridized carbons (Fsp3) is 0.250. The predicted molar refractivity (Wildman–Crippen MR) is 75.9 cm³/mol. The number of anilines is 1. The maximum absolute atomic E-state index is 13.5. The Morgan fingerprint density at radius 2 is 1.84 bits per heavy atom. The van der Waals surface area contributed by atoms with Gasteiger partial charge in [-0.05, 0) is 48.7 Å². The molecule has 2 aromatic carbocycles. The first kappa shape index (κ1) is 13.4. The number of rotatable bonds is 4. The number of nitrogens with one attached hydrogen (secondary N) is 1. The lowest BCUT2D eigenvalue weighted by atomic mass is 10.0. The van der Waals surface area contributed by atoms with Crippen LogP contribution in [0.5, 0.6) is 5.75 Å². The fourth-order valence-electron chi connectivity index (χ4n) is 2.01. The molecule has 1 unspecified atom stereocenters. The molecule has 0 amide bonds. The van der Waals surface area contributed by atoms with Crippen LogP contribution in [0.2, 0.25) is 0 Å². The van der Waals surface area contributed by atoms with Crippen molar-refractivity contribution in [2.75, 3.05) is 5.32 Å². The first-order valence-electron chi connectivity index (χ1n) is 6.41. The van der Waals surface area contributed by atoms with Crippen LogP contribution in [0.25, 0.3) is 0 Å². The Labute approximate surface area is 112 Å². The van der Waals surface area contributed by atoms with E-state index >= 15 is 0 Å². The predicted octanol–water partition coefficient (Wildman–Crippen LogP) is 4.40. The number of aryl methyl sites for hydroxylation is 1. The Morgan fingerprint density at radius 1 is 1.16 bits per heavy atom. The van der Waals surface area contributed by atoms with Gasteiger partial charge in [-0.3, -0.25) is 0 Å². The van der Waals surface area contributed by atoms with E-state index in [0.717, 1.165) is 17.7 Å². The van der Waals surface area contributed by atoms with E-state index in [2.05, 4.69) is 12.2 Å². The van der Waals surface area contributed by atoms with Crippen LogP contribution >= 0.6 is 0 Å². The number of phenolic OH excluding ortho intramolecular Hbond substituents is 1. The average molecular weight is 259 g/mol. The zero-order chi connectivity index (χ0) is 13.8. The zero-order valence-corrected chi connectivity index (χ0v) is 11.2. The van der Waals surface area contributed by atoms with Crippen molar-refractivity contribution in [2.24, 2.45) is 0 Å². The Hall–Kier alpha value is -2.03. The topological polar surface area (TPSA) is 32.3 Å². The quantitative estimate of drug-likeness (QED) is 0.852. The maximum atomic E-state index is 13.5. The summed E-state index contributed by atoms with van der Waals surface area (Å²) in [7, 11) is 0. The molecular weight excluding hydrogens is 241 g/mol. The molecule has 2 nitrogen and oxygen atoms in total. The van der Waals surface area contributed by atoms with Crippen LogP contribution in [0.4, 0.5) is 10.1 Å². The molecule has 0 spiro atoms. The second-order valence-corrected chi connectivity index (χ2v) is 4.66. The van der Waals surface area contributed by atoms with E-state index in [4.69, 9.17) is 0 Å². The molecule has 2 aromatic rings. The zero-order valence-electron chi connectivity index (χ0n) is 11.2. The first-order valence-corrected chi connectivity index (χ1v) is 6.41. The van der Waals surface area contributed by atoms with E-state index in [0.29, 0.717) is 5.56 Å². The molecular formula is C16H18FNO. The van der Waals surface area contributed by atoms with Crippen LogP contribution in [0.1, 0.15) is 30.5 Å². The van der Waals surface area contributed by atoms with Gasteiger partial charge < -0.3 is 10.4 Å². The van der Waals surface area contributed by atoms with Gasteiger partial charge in [-0.1, -0.05) is 25.1 Å². The number of aromatic hydroxyl groups is 1. The molecule has 1 atom stereocenters. The number of hydrogen-bond acceptors (Lipinski definition) is 2. The third-order valence-corrected chi connectivity index (χ3v) is 3.22. The normalized spacial score (nSPS) is 12.2. The van der Waals surface area contributed by atoms with Crippen LogP contribution in [0.3, 0.4) is 0 Å². The molecule has 0 saturated carbocycles. The van der Waals surface area contributed by atoms with E-state index in [-0.39, 0.29) is 17.6 Å². The summed E-state index contributed by atoms with van der Waals surface area (Å²) in [6.45, 7) is 3.81. The van der Waals surface area contributed by atoms with E-state index in [1.807, 2.05) is 18.2 Å². The number of halogens is 1. The van der Waals surface area contributed by atoms with Gasteiger partial charge in [0.1, 0.15) is 11.6 Å². The number of hydrogen-bond donors (Lipinski definition) is 2. The molecule has 0 radical (unpaired) electrons. The number of benzene rings is 2. The van der Waals surface area contributed by atoms with Gasteiger partial charge in [0, 0.05) is 5.69 Å². The smallest absolute Gasteiger partial charge is 0.128 e. The van der Waals surface area contributed by atoms with Crippen molar-refractivity contribution < 1.29 is 9.50 Å². The van der Waals surface area contributed by atoms with Crippen LogP contribution in [0, 0.1) is 12.7 Å². The lowest BCUT2D eigenvalue weighted by Gasteiger charge is -2.19. The van der Waals surface area contributed by atoms with Crippen molar-refractivity contribution in [1.29, 1.82) is 0 Å². The molecule has 19 heavy (non-hydrogen) atoms. The largest absolute Gasteiger partial charge is 0.508 e. The molecule has 3 heteroatoms. The van der Waals surface area contributed by atoms with Gasteiger partial charge in [0.15, 0.2) is 0 Å². The van der Waals surface area contributed by atoms with Gasteiger partial charge in [0.2, 0.25) is 0 Å². The minimum absolute atomic E-state index is 0.0997. The summed E-state index contributed by atoms with van der Waals surface area (Å²) in [5.74, 6) is 0.0468. The van der Waals surface area contributed by atoms with E-state index < -0.39 is 0 Å². The summed E-state index contributed by atoms with van der Waals surface area (Å²) in [6, 6.07) is 12.3. The summed E-state index contributed by atoms with van der Waals surface area (Å²) in [5, 5.41) is 12.6. The van der Waals surface area contributed by atoms with Gasteiger partial charge in [0.25, 0.3) is 0 Å². The Balaban J connectivity index is 2.18. The van der Waals surface area contributed by atoms with Crippen LogP contribution in [0.15, 0.2) is 42.5 Å².